The molecule has 0 radical (unpaired) electrons. The highest BCUT2D eigenvalue weighted by Crippen LogP contribution is 2.35. The molecule has 0 aromatic rings. The molecular weight excluding hydrogens is 311 g/mol. The zero-order chi connectivity index (χ0) is 15.8. The molecule has 0 saturated carbocycles. The van der Waals surface area contributed by atoms with E-state index in [1.165, 1.54) is 64.2 Å². The van der Waals surface area contributed by atoms with Crippen LogP contribution in [0.25, 0.3) is 0 Å². The van der Waals surface area contributed by atoms with Crippen LogP contribution in [0.5, 0.6) is 0 Å². The lowest BCUT2D eigenvalue weighted by molar-refractivity contribution is -0.216. The van der Waals surface area contributed by atoms with Gasteiger partial charge in [-0.1, -0.05) is 64.7 Å². The van der Waals surface area contributed by atoms with Crippen molar-refractivity contribution in [1.82, 2.24) is 0 Å². The highest BCUT2D eigenvalue weighted by Gasteiger charge is 2.14. The van der Waals surface area contributed by atoms with Crippen LogP contribution in [0.15, 0.2) is 0 Å². The third-order valence-electron chi connectivity index (χ3n) is 3.10. The number of unbranched alkanes of at least 4 members (excludes halogenated alkanes) is 9. The Kier molecular flexibility index (Phi) is 15.6. The van der Waals surface area contributed by atoms with E-state index in [4.69, 9.17) is 9.79 Å². The largest absolute Gasteiger partial charge is 0.496 e. The highest BCUT2D eigenvalue weighted by atomic mass is 32.2. The second kappa shape index (κ2) is 15.3. The summed E-state index contributed by atoms with van der Waals surface area (Å²) in [6, 6.07) is 0. The molecule has 0 atom stereocenters. The van der Waals surface area contributed by atoms with Gasteiger partial charge in [0.25, 0.3) is 0 Å². The Morgan fingerprint density at radius 3 is 1.90 bits per heavy atom. The normalized spacial score (nSPS) is 12.0. The van der Waals surface area contributed by atoms with E-state index < -0.39 is 7.82 Å². The monoisotopic (exact) mass is 342 g/mol. The second-order valence-corrected chi connectivity index (χ2v) is 7.54. The van der Waals surface area contributed by atoms with Crippen molar-refractivity contribution in [2.24, 2.45) is 0 Å². The lowest BCUT2D eigenvalue weighted by atomic mass is 10.1. The first kappa shape index (κ1) is 21.4. The predicted molar refractivity (Wildman–Crippen MR) is 88.3 cm³/mol. The quantitative estimate of drug-likeness (QED) is 0.183. The summed E-state index contributed by atoms with van der Waals surface area (Å²) < 4.78 is 14.2. The van der Waals surface area contributed by atoms with Crippen molar-refractivity contribution >= 4 is 19.6 Å². The molecule has 0 aliphatic heterocycles. The van der Waals surface area contributed by atoms with Crippen molar-refractivity contribution in [3.63, 3.8) is 0 Å². The van der Waals surface area contributed by atoms with Gasteiger partial charge in [0.1, 0.15) is 0 Å². The summed E-state index contributed by atoms with van der Waals surface area (Å²) in [6.45, 7) is 2.45. The second-order valence-electron chi connectivity index (χ2n) is 5.18. The summed E-state index contributed by atoms with van der Waals surface area (Å²) in [5.74, 6) is 1.76. The number of hydrogen-bond donors (Lipinski definition) is 2. The number of thioether (sulfide) groups is 1. The van der Waals surface area contributed by atoms with Crippen LogP contribution >= 0.6 is 19.6 Å². The van der Waals surface area contributed by atoms with Crippen LogP contribution in [0.2, 0.25) is 0 Å². The van der Waals surface area contributed by atoms with Crippen LogP contribution < -0.4 is 0 Å². The van der Waals surface area contributed by atoms with Gasteiger partial charge in [-0.15, -0.1) is 4.67 Å². The van der Waals surface area contributed by atoms with Gasteiger partial charge >= 0.3 is 7.82 Å². The maximum Gasteiger partial charge on any atom is 0.496 e. The van der Waals surface area contributed by atoms with Gasteiger partial charge in [-0.05, 0) is 12.2 Å². The van der Waals surface area contributed by atoms with Gasteiger partial charge in [0, 0.05) is 5.75 Å². The highest BCUT2D eigenvalue weighted by molar-refractivity contribution is 7.99. The van der Waals surface area contributed by atoms with Gasteiger partial charge in [0.15, 0.2) is 0 Å². The Morgan fingerprint density at radius 2 is 1.38 bits per heavy atom. The van der Waals surface area contributed by atoms with Crippen molar-refractivity contribution in [2.45, 2.75) is 71.1 Å². The van der Waals surface area contributed by atoms with E-state index in [0.717, 1.165) is 5.75 Å². The molecule has 0 aliphatic carbocycles. The lowest BCUT2D eigenvalue weighted by Gasteiger charge is -2.04. The van der Waals surface area contributed by atoms with Gasteiger partial charge in [-0.25, -0.2) is 9.45 Å². The van der Waals surface area contributed by atoms with Crippen LogP contribution in [0.3, 0.4) is 0 Å². The van der Waals surface area contributed by atoms with E-state index >= 15 is 0 Å². The smallest absolute Gasteiger partial charge is 0.301 e. The molecule has 0 aromatic heterocycles. The van der Waals surface area contributed by atoms with Crippen LogP contribution in [0.4, 0.5) is 0 Å². The summed E-state index contributed by atoms with van der Waals surface area (Å²) in [6.07, 6.45) is 13.3. The predicted octanol–water partition coefficient (Wildman–Crippen LogP) is 4.68. The first-order valence-corrected chi connectivity index (χ1v) is 10.7. The molecule has 0 bridgehead atoms. The topological polar surface area (TPSA) is 76.0 Å². The number of hydrogen-bond acceptors (Lipinski definition) is 4. The molecule has 0 unspecified atom stereocenters. The zero-order valence-electron chi connectivity index (χ0n) is 13.2. The van der Waals surface area contributed by atoms with Gasteiger partial charge < -0.3 is 9.79 Å². The Morgan fingerprint density at radius 1 is 0.857 bits per heavy atom. The molecule has 128 valence electrons. The lowest BCUT2D eigenvalue weighted by Crippen LogP contribution is -1.98. The first-order chi connectivity index (χ1) is 10.1. The van der Waals surface area contributed by atoms with E-state index in [9.17, 15) is 4.57 Å². The summed E-state index contributed by atoms with van der Waals surface area (Å²) in [5, 5.41) is 0. The minimum absolute atomic E-state index is 0.202. The third-order valence-corrected chi connectivity index (χ3v) is 4.44. The molecule has 0 aliphatic rings. The first-order valence-electron chi connectivity index (χ1n) is 8.00. The van der Waals surface area contributed by atoms with E-state index in [2.05, 4.69) is 16.5 Å². The molecule has 0 rings (SSSR count). The molecule has 0 fully saturated rings. The maximum atomic E-state index is 10.3. The fourth-order valence-electron chi connectivity index (χ4n) is 1.99. The zero-order valence-corrected chi connectivity index (χ0v) is 14.9. The number of phosphoric acid groups is 1. The summed E-state index contributed by atoms with van der Waals surface area (Å²) in [7, 11) is -4.48. The van der Waals surface area contributed by atoms with E-state index in [-0.39, 0.29) is 6.61 Å². The molecule has 0 aromatic carbocycles. The Hall–Kier alpha value is 0.420. The maximum absolute atomic E-state index is 10.3. The molecule has 0 saturated heterocycles. The van der Waals surface area contributed by atoms with Gasteiger partial charge in [-0.3, -0.25) is 0 Å². The van der Waals surface area contributed by atoms with Gasteiger partial charge in [0.2, 0.25) is 0 Å². The van der Waals surface area contributed by atoms with Gasteiger partial charge in [0.05, 0.1) is 6.61 Å². The SMILES string of the molecule is CCCCCCCCCCCCSCCOOP(=O)(O)O. The number of rotatable bonds is 16. The van der Waals surface area contributed by atoms with Crippen LogP contribution in [0, 0.1) is 0 Å². The molecule has 0 amide bonds. The Bertz CT molecular complexity index is 260. The van der Waals surface area contributed by atoms with E-state index in [1.54, 1.807) is 11.8 Å². The fraction of sp³-hybridized carbons (Fsp3) is 1.00. The van der Waals surface area contributed by atoms with Gasteiger partial charge in [-0.2, -0.15) is 11.8 Å². The molecular formula is C14H31O5PS. The molecule has 0 spiro atoms. The van der Waals surface area contributed by atoms with Crippen molar-refractivity contribution in [3.8, 4) is 0 Å². The third kappa shape index (κ3) is 20.4. The van der Waals surface area contributed by atoms with Crippen LogP contribution in [-0.2, 0) is 14.1 Å². The fourth-order valence-corrected chi connectivity index (χ4v) is 3.00. The van der Waals surface area contributed by atoms with Crippen molar-refractivity contribution in [2.75, 3.05) is 18.1 Å². The molecule has 2 N–H and O–H groups in total. The average molecular weight is 342 g/mol. The molecule has 7 heteroatoms. The molecule has 21 heavy (non-hydrogen) atoms. The van der Waals surface area contributed by atoms with Crippen molar-refractivity contribution < 1.29 is 23.9 Å². The summed E-state index contributed by atoms with van der Waals surface area (Å²) >= 11 is 1.72. The minimum Gasteiger partial charge on any atom is -0.301 e. The Labute approximate surface area is 133 Å². The average Bonchev–Trinajstić information content (AvgIpc) is 2.42. The van der Waals surface area contributed by atoms with E-state index in [0.29, 0.717) is 5.75 Å². The minimum atomic E-state index is -4.48. The van der Waals surface area contributed by atoms with Crippen LogP contribution in [-0.4, -0.2) is 27.9 Å². The van der Waals surface area contributed by atoms with E-state index in [1.807, 2.05) is 0 Å². The molecule has 0 heterocycles. The summed E-state index contributed by atoms with van der Waals surface area (Å²) in [5.41, 5.74) is 0. The van der Waals surface area contributed by atoms with Crippen molar-refractivity contribution in [1.29, 1.82) is 0 Å². The molecule has 5 nitrogen and oxygen atoms in total. The van der Waals surface area contributed by atoms with Crippen LogP contribution in [0.1, 0.15) is 71.1 Å². The summed E-state index contributed by atoms with van der Waals surface area (Å²) in [4.78, 5) is 21.2. The standard InChI is InChI=1S/C14H31O5PS/c1-2-3-4-5-6-7-8-9-10-11-13-21-14-12-18-19-20(15,16)17/h2-14H2,1H3,(H2,15,16,17). The Balaban J connectivity index is 3.01. The van der Waals surface area contributed by atoms with Crippen molar-refractivity contribution in [3.05, 3.63) is 0 Å².